The van der Waals surface area contributed by atoms with Crippen LogP contribution in [0.3, 0.4) is 0 Å². The fourth-order valence-corrected chi connectivity index (χ4v) is 3.26. The molecule has 1 aliphatic rings. The van der Waals surface area contributed by atoms with Crippen LogP contribution >= 0.6 is 11.7 Å². The summed E-state index contributed by atoms with van der Waals surface area (Å²) in [5.41, 5.74) is 3.00. The Kier molecular flexibility index (Phi) is 3.78. The molecule has 1 N–H and O–H groups in total. The Hall–Kier alpha value is -1.75. The molecule has 104 valence electrons. The number of hydrogen-bond acceptors (Lipinski definition) is 4. The third kappa shape index (κ3) is 2.58. The van der Waals surface area contributed by atoms with Crippen molar-refractivity contribution >= 4 is 17.6 Å². The molecule has 0 spiro atoms. The highest BCUT2D eigenvalue weighted by Crippen LogP contribution is 2.33. The van der Waals surface area contributed by atoms with E-state index in [0.29, 0.717) is 11.6 Å². The van der Waals surface area contributed by atoms with Crippen molar-refractivity contribution in [2.75, 3.05) is 0 Å². The highest BCUT2D eigenvalue weighted by Gasteiger charge is 2.26. The van der Waals surface area contributed by atoms with Crippen LogP contribution in [0.15, 0.2) is 30.5 Å². The quantitative estimate of drug-likeness (QED) is 0.864. The van der Waals surface area contributed by atoms with E-state index in [4.69, 9.17) is 0 Å². The molecule has 1 aliphatic carbocycles. The first kappa shape index (κ1) is 13.2. The highest BCUT2D eigenvalue weighted by molar-refractivity contribution is 6.99. The first-order valence-corrected chi connectivity index (χ1v) is 7.65. The summed E-state index contributed by atoms with van der Waals surface area (Å²) in [5, 5.41) is 3.13. The van der Waals surface area contributed by atoms with Gasteiger partial charge in [-0.3, -0.25) is 4.79 Å². The number of nitrogens with zero attached hydrogens (tertiary/aromatic N) is 2. The molecule has 5 heteroatoms. The molecule has 2 aromatic rings. The van der Waals surface area contributed by atoms with Gasteiger partial charge in [-0.15, -0.1) is 0 Å². The Balaban J connectivity index is 1.88. The summed E-state index contributed by atoms with van der Waals surface area (Å²) in [7, 11) is 0. The van der Waals surface area contributed by atoms with Crippen LogP contribution in [0.5, 0.6) is 0 Å². The largest absolute Gasteiger partial charge is 0.344 e. The zero-order chi connectivity index (χ0) is 13.9. The third-order valence-electron chi connectivity index (χ3n) is 3.95. The Morgan fingerprint density at radius 3 is 3.05 bits per heavy atom. The van der Waals surface area contributed by atoms with Gasteiger partial charge in [0.2, 0.25) is 0 Å². The maximum atomic E-state index is 12.2. The zero-order valence-electron chi connectivity index (χ0n) is 11.4. The molecule has 0 saturated carbocycles. The number of carbonyl (C=O) groups is 1. The molecule has 0 fully saturated rings. The first-order chi connectivity index (χ1) is 9.75. The van der Waals surface area contributed by atoms with E-state index in [-0.39, 0.29) is 11.9 Å². The normalized spacial score (nSPS) is 21.9. The van der Waals surface area contributed by atoms with Crippen molar-refractivity contribution in [2.24, 2.45) is 5.92 Å². The van der Waals surface area contributed by atoms with Crippen LogP contribution in [0.4, 0.5) is 0 Å². The monoisotopic (exact) mass is 287 g/mol. The van der Waals surface area contributed by atoms with Crippen molar-refractivity contribution in [1.82, 2.24) is 14.1 Å². The topological polar surface area (TPSA) is 54.9 Å². The molecule has 0 bridgehead atoms. The Morgan fingerprint density at radius 2 is 2.25 bits per heavy atom. The van der Waals surface area contributed by atoms with E-state index >= 15 is 0 Å². The molecule has 0 saturated heterocycles. The predicted octanol–water partition coefficient (Wildman–Crippen LogP) is 2.98. The summed E-state index contributed by atoms with van der Waals surface area (Å²) in [6.45, 7) is 2.20. The van der Waals surface area contributed by atoms with Gasteiger partial charge in [-0.2, -0.15) is 8.75 Å². The van der Waals surface area contributed by atoms with Crippen molar-refractivity contribution < 1.29 is 4.79 Å². The van der Waals surface area contributed by atoms with Crippen molar-refractivity contribution in [2.45, 2.75) is 32.2 Å². The summed E-state index contributed by atoms with van der Waals surface area (Å²) in [5.74, 6) is 0.293. The number of nitrogens with one attached hydrogen (secondary N) is 1. The van der Waals surface area contributed by atoms with E-state index in [0.717, 1.165) is 24.6 Å². The van der Waals surface area contributed by atoms with E-state index in [1.807, 2.05) is 6.07 Å². The molecule has 1 aromatic carbocycles. The number of aromatic nitrogens is 2. The summed E-state index contributed by atoms with van der Waals surface area (Å²) in [6.07, 6.45) is 4.90. The van der Waals surface area contributed by atoms with Gasteiger partial charge in [0.1, 0.15) is 0 Å². The van der Waals surface area contributed by atoms with Crippen LogP contribution in [0.25, 0.3) is 0 Å². The second kappa shape index (κ2) is 5.71. The molecular weight excluding hydrogens is 270 g/mol. The van der Waals surface area contributed by atoms with E-state index in [2.05, 4.69) is 39.2 Å². The number of hydrogen-bond donors (Lipinski definition) is 1. The molecule has 4 nitrogen and oxygen atoms in total. The van der Waals surface area contributed by atoms with Gasteiger partial charge >= 0.3 is 0 Å². The molecule has 1 heterocycles. The Bertz CT molecular complexity index is 597. The fraction of sp³-hybridized carbons (Fsp3) is 0.400. The van der Waals surface area contributed by atoms with Crippen molar-refractivity contribution in [1.29, 1.82) is 0 Å². The van der Waals surface area contributed by atoms with Crippen molar-refractivity contribution in [3.05, 3.63) is 47.3 Å². The van der Waals surface area contributed by atoms with Crippen LogP contribution < -0.4 is 5.32 Å². The summed E-state index contributed by atoms with van der Waals surface area (Å²) >= 11 is 1.06. The molecule has 2 atom stereocenters. The minimum atomic E-state index is -0.132. The number of aryl methyl sites for hydroxylation is 1. The summed E-state index contributed by atoms with van der Waals surface area (Å²) in [6, 6.07) is 8.46. The van der Waals surface area contributed by atoms with Crippen LogP contribution in [-0.2, 0) is 6.42 Å². The minimum absolute atomic E-state index is 0.0582. The smallest absolute Gasteiger partial charge is 0.273 e. The number of carbonyl (C=O) groups excluding carboxylic acids is 1. The van der Waals surface area contributed by atoms with Crippen LogP contribution in [0, 0.1) is 5.92 Å². The zero-order valence-corrected chi connectivity index (χ0v) is 12.2. The number of benzene rings is 1. The predicted molar refractivity (Wildman–Crippen MR) is 78.7 cm³/mol. The standard InChI is InChI=1S/C15H17N3OS/c1-10-5-4-7-11-6-2-3-8-12(11)14(10)17-15(19)13-9-16-20-18-13/h2-3,6,8-10,14H,4-5,7H2,1H3,(H,17,19). The van der Waals surface area contributed by atoms with E-state index in [9.17, 15) is 4.79 Å². The van der Waals surface area contributed by atoms with E-state index in [1.165, 1.54) is 23.7 Å². The lowest BCUT2D eigenvalue weighted by atomic mass is 9.92. The van der Waals surface area contributed by atoms with Gasteiger partial charge in [-0.25, -0.2) is 0 Å². The summed E-state index contributed by atoms with van der Waals surface area (Å²) in [4.78, 5) is 12.2. The molecule has 1 aromatic heterocycles. The molecule has 3 rings (SSSR count). The molecular formula is C15H17N3OS. The second-order valence-electron chi connectivity index (χ2n) is 5.31. The lowest BCUT2D eigenvalue weighted by Gasteiger charge is -2.24. The Labute approximate surface area is 122 Å². The van der Waals surface area contributed by atoms with Crippen LogP contribution in [0.2, 0.25) is 0 Å². The van der Waals surface area contributed by atoms with Gasteiger partial charge in [0.15, 0.2) is 5.69 Å². The van der Waals surface area contributed by atoms with E-state index < -0.39 is 0 Å². The molecule has 1 amide bonds. The first-order valence-electron chi connectivity index (χ1n) is 6.92. The van der Waals surface area contributed by atoms with Crippen LogP contribution in [0.1, 0.15) is 47.4 Å². The second-order valence-corrected chi connectivity index (χ2v) is 5.87. The number of rotatable bonds is 2. The highest BCUT2D eigenvalue weighted by atomic mass is 32.1. The molecule has 20 heavy (non-hydrogen) atoms. The average molecular weight is 287 g/mol. The van der Waals surface area contributed by atoms with Gasteiger partial charge in [0.25, 0.3) is 5.91 Å². The fourth-order valence-electron chi connectivity index (χ4n) is 2.85. The lowest BCUT2D eigenvalue weighted by molar-refractivity contribution is 0.0918. The molecule has 0 radical (unpaired) electrons. The van der Waals surface area contributed by atoms with Crippen molar-refractivity contribution in [3.8, 4) is 0 Å². The third-order valence-corrected chi connectivity index (χ3v) is 4.42. The SMILES string of the molecule is CC1CCCc2ccccc2C1NC(=O)c1cnsn1. The van der Waals surface area contributed by atoms with Gasteiger partial charge in [-0.05, 0) is 36.3 Å². The number of amides is 1. The van der Waals surface area contributed by atoms with Crippen LogP contribution in [-0.4, -0.2) is 14.7 Å². The average Bonchev–Trinajstić information content (AvgIpc) is 2.94. The van der Waals surface area contributed by atoms with Crippen molar-refractivity contribution in [3.63, 3.8) is 0 Å². The van der Waals surface area contributed by atoms with Gasteiger partial charge < -0.3 is 5.32 Å². The minimum Gasteiger partial charge on any atom is -0.344 e. The van der Waals surface area contributed by atoms with Gasteiger partial charge in [0, 0.05) is 0 Å². The lowest BCUT2D eigenvalue weighted by Crippen LogP contribution is -2.32. The summed E-state index contributed by atoms with van der Waals surface area (Å²) < 4.78 is 7.89. The maximum Gasteiger partial charge on any atom is 0.273 e. The molecule has 2 unspecified atom stereocenters. The van der Waals surface area contributed by atoms with Gasteiger partial charge in [0.05, 0.1) is 24.0 Å². The van der Waals surface area contributed by atoms with Gasteiger partial charge in [-0.1, -0.05) is 31.2 Å². The Morgan fingerprint density at radius 1 is 1.40 bits per heavy atom. The molecule has 0 aliphatic heterocycles. The number of fused-ring (bicyclic) bond motifs is 1. The van der Waals surface area contributed by atoms with E-state index in [1.54, 1.807) is 0 Å². The maximum absolute atomic E-state index is 12.2.